The molecule has 0 unspecified atom stereocenters. The Morgan fingerprint density at radius 3 is 1.35 bits per heavy atom. The van der Waals surface area contributed by atoms with Gasteiger partial charge in [-0.3, -0.25) is 0 Å². The van der Waals surface area contributed by atoms with Crippen LogP contribution in [0.15, 0.2) is 83.0 Å². The van der Waals surface area contributed by atoms with Crippen molar-refractivity contribution in [2.75, 3.05) is 6.61 Å². The number of hydrogen-bond acceptors (Lipinski definition) is 4. The zero-order chi connectivity index (χ0) is 36.3. The Balaban J connectivity index is 1.58. The monoisotopic (exact) mass is 718 g/mol. The van der Waals surface area contributed by atoms with E-state index in [-0.39, 0.29) is 16.9 Å². The summed E-state index contributed by atoms with van der Waals surface area (Å²) in [5.41, 5.74) is 0.960. The van der Waals surface area contributed by atoms with Crippen molar-refractivity contribution in [2.24, 2.45) is 10.2 Å². The quantitative estimate of drug-likeness (QED) is 0.116. The molecule has 3 rings (SSSR count). The Hall–Kier alpha value is -4.10. The van der Waals surface area contributed by atoms with Crippen LogP contribution >= 0.6 is 0 Å². The summed E-state index contributed by atoms with van der Waals surface area (Å²) in [5, 5.41) is 7.71. The van der Waals surface area contributed by atoms with Crippen molar-refractivity contribution in [3.05, 3.63) is 78.4 Å². The lowest BCUT2D eigenvalue weighted by Crippen LogP contribution is -2.59. The molecule has 264 valence electrons. The van der Waals surface area contributed by atoms with Gasteiger partial charge in [-0.1, -0.05) is 36.4 Å². The molecule has 0 aromatic heterocycles. The first-order valence-corrected chi connectivity index (χ1v) is 12.8. The van der Waals surface area contributed by atoms with E-state index in [1.54, 1.807) is 0 Å². The average Bonchev–Trinajstić information content (AvgIpc) is 3.02. The summed E-state index contributed by atoms with van der Waals surface area (Å²) in [6.07, 6.45) is -16.1. The maximum absolute atomic E-state index is 13.7. The Morgan fingerprint density at radius 1 is 0.521 bits per heavy atom. The predicted molar refractivity (Wildman–Crippen MR) is 134 cm³/mol. The number of rotatable bonds is 15. The van der Waals surface area contributed by atoms with E-state index < -0.39 is 67.5 Å². The Bertz CT molecular complexity index is 1530. The molecule has 0 atom stereocenters. The maximum atomic E-state index is 13.7. The molecule has 0 aliphatic carbocycles. The highest BCUT2D eigenvalue weighted by molar-refractivity contribution is 5.66. The van der Waals surface area contributed by atoms with Crippen LogP contribution in [-0.2, 0) is 11.3 Å². The molecule has 0 aliphatic rings. The molecular weight excluding hydrogens is 700 g/mol. The number of ether oxygens (including phenoxy) is 2. The van der Waals surface area contributed by atoms with Gasteiger partial charge >= 0.3 is 48.6 Å². The van der Waals surface area contributed by atoms with E-state index in [1.165, 1.54) is 36.4 Å². The zero-order valence-electron chi connectivity index (χ0n) is 23.3. The minimum Gasteiger partial charge on any atom is -0.487 e. The molecule has 0 amide bonds. The van der Waals surface area contributed by atoms with Gasteiger partial charge < -0.3 is 9.47 Å². The van der Waals surface area contributed by atoms with Crippen LogP contribution in [0.1, 0.15) is 5.56 Å². The first-order chi connectivity index (χ1) is 22.0. The zero-order valence-corrected chi connectivity index (χ0v) is 23.3. The fourth-order valence-corrected chi connectivity index (χ4v) is 3.48. The van der Waals surface area contributed by atoms with Crippen LogP contribution in [0.5, 0.6) is 5.75 Å². The number of nitrogens with zero attached hydrogens (tertiary/aromatic N) is 2. The Labute approximate surface area is 259 Å². The molecule has 0 heterocycles. The first-order valence-electron chi connectivity index (χ1n) is 12.8. The van der Waals surface area contributed by atoms with Gasteiger partial charge in [-0.25, -0.2) is 17.6 Å². The van der Waals surface area contributed by atoms with Crippen molar-refractivity contribution < 1.29 is 79.7 Å². The largest absolute Gasteiger partial charge is 0.487 e. The molecule has 0 fully saturated rings. The van der Waals surface area contributed by atoms with Crippen LogP contribution in [0.3, 0.4) is 0 Å². The normalized spacial score (nSPS) is 14.0. The van der Waals surface area contributed by atoms with Crippen molar-refractivity contribution in [1.82, 2.24) is 0 Å². The SMILES string of the molecule is FC(F)C(F)(F)C(F)(F)C(F)(F)COc1ccc(-c2ccc(/N=N/c3ccc(COC(F)(F)C(F)(F)C(F)(F)C(F)F)cc3)cc2)cc1. The molecule has 3 aromatic carbocycles. The molecular formula is C28H18F16N2O2. The van der Waals surface area contributed by atoms with Crippen molar-refractivity contribution >= 4 is 11.4 Å². The van der Waals surface area contributed by atoms with E-state index in [4.69, 9.17) is 0 Å². The Kier molecular flexibility index (Phi) is 11.0. The molecule has 3 aromatic rings. The van der Waals surface area contributed by atoms with Crippen LogP contribution in [-0.4, -0.2) is 55.2 Å². The second kappa shape index (κ2) is 13.8. The maximum Gasteiger partial charge on any atom is 0.426 e. The van der Waals surface area contributed by atoms with Crippen molar-refractivity contribution in [3.8, 4) is 16.9 Å². The van der Waals surface area contributed by atoms with Gasteiger partial charge in [-0.15, -0.1) is 0 Å². The van der Waals surface area contributed by atoms with Crippen LogP contribution in [0, 0.1) is 0 Å². The van der Waals surface area contributed by atoms with Crippen LogP contribution < -0.4 is 4.74 Å². The van der Waals surface area contributed by atoms with Gasteiger partial charge in [0.25, 0.3) is 0 Å². The summed E-state index contributed by atoms with van der Waals surface area (Å²) < 4.78 is 216. The van der Waals surface area contributed by atoms with E-state index in [2.05, 4.69) is 19.7 Å². The fraction of sp³-hybridized carbons (Fsp3) is 0.357. The summed E-state index contributed by atoms with van der Waals surface area (Å²) in [6.45, 7) is -3.70. The molecule has 4 nitrogen and oxygen atoms in total. The second-order valence-electron chi connectivity index (χ2n) is 9.73. The lowest BCUT2D eigenvalue weighted by Gasteiger charge is -2.32. The highest BCUT2D eigenvalue weighted by atomic mass is 19.4. The number of halogens is 16. The standard InChI is InChI=1S/C28H18F16N2O2/c29-21(30)24(35,36)26(39,40)23(33,34)14-47-20-11-5-17(6-12-20)16-3-9-19(10-4-16)46-45-18-7-1-15(2-8-18)13-48-28(43,44)27(41,42)25(37,38)22(31)32/h1-12,21-22H,13-14H2/b46-45+. The van der Waals surface area contributed by atoms with Crippen LogP contribution in [0.2, 0.25) is 0 Å². The molecule has 48 heavy (non-hydrogen) atoms. The third kappa shape index (κ3) is 7.78. The average molecular weight is 718 g/mol. The molecule has 0 saturated heterocycles. The molecule has 0 bridgehead atoms. The number of hydrogen-bond donors (Lipinski definition) is 0. The molecule has 0 aliphatic heterocycles. The third-order valence-electron chi connectivity index (χ3n) is 6.32. The summed E-state index contributed by atoms with van der Waals surface area (Å²) in [5.74, 6) is -31.8. The molecule has 0 N–H and O–H groups in total. The minimum absolute atomic E-state index is 0.0843. The van der Waals surface area contributed by atoms with Crippen molar-refractivity contribution in [2.45, 2.75) is 55.2 Å². The number of azo groups is 1. The highest BCUT2D eigenvalue weighted by Gasteiger charge is 2.77. The highest BCUT2D eigenvalue weighted by Crippen LogP contribution is 2.50. The number of alkyl halides is 16. The third-order valence-corrected chi connectivity index (χ3v) is 6.32. The number of benzene rings is 3. The lowest BCUT2D eigenvalue weighted by molar-refractivity contribution is -0.415. The van der Waals surface area contributed by atoms with Gasteiger partial charge in [0.2, 0.25) is 0 Å². The van der Waals surface area contributed by atoms with Gasteiger partial charge in [0.1, 0.15) is 5.75 Å². The summed E-state index contributed by atoms with van der Waals surface area (Å²) in [6, 6.07) is 14.7. The van der Waals surface area contributed by atoms with Crippen LogP contribution in [0.25, 0.3) is 11.1 Å². The van der Waals surface area contributed by atoms with E-state index in [0.29, 0.717) is 11.1 Å². The van der Waals surface area contributed by atoms with Gasteiger partial charge in [0.05, 0.1) is 18.0 Å². The Morgan fingerprint density at radius 2 is 0.917 bits per heavy atom. The van der Waals surface area contributed by atoms with E-state index >= 15 is 0 Å². The van der Waals surface area contributed by atoms with Gasteiger partial charge in [-0.2, -0.15) is 62.9 Å². The van der Waals surface area contributed by atoms with Gasteiger partial charge in [0.15, 0.2) is 6.61 Å². The van der Waals surface area contributed by atoms with Gasteiger partial charge in [-0.05, 0) is 53.1 Å². The van der Waals surface area contributed by atoms with E-state index in [9.17, 15) is 70.2 Å². The lowest BCUT2D eigenvalue weighted by atomic mass is 10.0. The van der Waals surface area contributed by atoms with Crippen LogP contribution in [0.4, 0.5) is 81.6 Å². The summed E-state index contributed by atoms with van der Waals surface area (Å²) >= 11 is 0. The predicted octanol–water partition coefficient (Wildman–Crippen LogP) is 11.0. The van der Waals surface area contributed by atoms with Crippen molar-refractivity contribution in [3.63, 3.8) is 0 Å². The fourth-order valence-electron chi connectivity index (χ4n) is 3.48. The molecule has 0 saturated carbocycles. The van der Waals surface area contributed by atoms with Crippen molar-refractivity contribution in [1.29, 1.82) is 0 Å². The van der Waals surface area contributed by atoms with E-state index in [0.717, 1.165) is 36.4 Å². The topological polar surface area (TPSA) is 43.2 Å². The molecule has 0 spiro atoms. The summed E-state index contributed by atoms with van der Waals surface area (Å²) in [7, 11) is 0. The smallest absolute Gasteiger partial charge is 0.426 e. The van der Waals surface area contributed by atoms with E-state index in [1.807, 2.05) is 0 Å². The first kappa shape index (κ1) is 38.3. The second-order valence-corrected chi connectivity index (χ2v) is 9.73. The molecule has 20 heteroatoms. The summed E-state index contributed by atoms with van der Waals surface area (Å²) in [4.78, 5) is 0. The van der Waals surface area contributed by atoms with Gasteiger partial charge in [0, 0.05) is 0 Å². The minimum atomic E-state index is -6.52. The molecule has 0 radical (unpaired) electrons.